The standard InChI is InChI=1S/C20H26N6O4S/c1-29-17-12-14(31(27,28)26-8-10-30-11-9-26)4-5-16(17)23-19-24-18-15(6-7-22-18)20(21,25-19)13-2-3-13/h4-7,12-13,22H,2-3,8-11,21H2,1H3,(H2,23,24,25). The van der Waals surface area contributed by atoms with Crippen LogP contribution in [0.3, 0.4) is 0 Å². The molecule has 1 atom stereocenters. The number of ether oxygens (including phenoxy) is 2. The Balaban J connectivity index is 1.43. The quantitative estimate of drug-likeness (QED) is 0.546. The van der Waals surface area contributed by atoms with E-state index in [0.717, 1.165) is 24.2 Å². The highest BCUT2D eigenvalue weighted by atomic mass is 32.2. The molecular weight excluding hydrogens is 420 g/mol. The number of anilines is 2. The molecule has 31 heavy (non-hydrogen) atoms. The number of benzene rings is 1. The van der Waals surface area contributed by atoms with Gasteiger partial charge in [0.25, 0.3) is 0 Å². The van der Waals surface area contributed by atoms with Crippen molar-refractivity contribution in [2.24, 2.45) is 16.6 Å². The lowest BCUT2D eigenvalue weighted by atomic mass is 9.96. The molecule has 1 unspecified atom stereocenters. The molecule has 11 heteroatoms. The summed E-state index contributed by atoms with van der Waals surface area (Å²) in [6, 6.07) is 6.71. The number of nitrogens with zero attached hydrogens (tertiary/aromatic N) is 2. The Kier molecular flexibility index (Phi) is 4.93. The second-order valence-electron chi connectivity index (χ2n) is 7.95. The summed E-state index contributed by atoms with van der Waals surface area (Å²) < 4.78 is 38.1. The molecule has 10 nitrogen and oxygen atoms in total. The maximum absolute atomic E-state index is 13.0. The second kappa shape index (κ2) is 7.52. The van der Waals surface area contributed by atoms with Gasteiger partial charge in [0.05, 0.1) is 30.9 Å². The number of aromatic nitrogens is 1. The van der Waals surface area contributed by atoms with E-state index < -0.39 is 15.7 Å². The van der Waals surface area contributed by atoms with Crippen LogP contribution in [-0.2, 0) is 20.4 Å². The molecule has 1 aromatic heterocycles. The summed E-state index contributed by atoms with van der Waals surface area (Å²) in [4.78, 5) is 8.10. The van der Waals surface area contributed by atoms with Gasteiger partial charge in [0.15, 0.2) is 0 Å². The summed E-state index contributed by atoms with van der Waals surface area (Å²) in [5.74, 6) is 1.97. The number of methoxy groups -OCH3 is 1. The van der Waals surface area contributed by atoms with Gasteiger partial charge in [-0.1, -0.05) is 0 Å². The van der Waals surface area contributed by atoms with Crippen molar-refractivity contribution in [3.63, 3.8) is 0 Å². The third-order valence-electron chi connectivity index (χ3n) is 5.95. The Bertz CT molecular complexity index is 1120. The zero-order chi connectivity index (χ0) is 21.6. The first-order valence-corrected chi connectivity index (χ1v) is 11.7. The van der Waals surface area contributed by atoms with Crippen molar-refractivity contribution in [3.8, 4) is 5.75 Å². The summed E-state index contributed by atoms with van der Waals surface area (Å²) in [7, 11) is -2.12. The lowest BCUT2D eigenvalue weighted by molar-refractivity contribution is 0.0730. The Morgan fingerprint density at radius 1 is 1.29 bits per heavy atom. The molecule has 2 aromatic rings. The predicted molar refractivity (Wildman–Crippen MR) is 117 cm³/mol. The number of nitrogens with one attached hydrogen (secondary N) is 3. The number of fused-ring (bicyclic) bond motifs is 1. The molecule has 0 radical (unpaired) electrons. The number of nitrogens with two attached hydrogens (primary N) is 1. The molecule has 5 rings (SSSR count). The zero-order valence-corrected chi connectivity index (χ0v) is 18.0. The SMILES string of the molecule is COc1cc(S(=O)(=O)N2CCOCC2)ccc1NC1=NC(N)(C2CC2)c2cc[nH]c2N1. The number of H-pyrrole nitrogens is 1. The first-order valence-electron chi connectivity index (χ1n) is 10.3. The lowest BCUT2D eigenvalue weighted by Crippen LogP contribution is -2.44. The van der Waals surface area contributed by atoms with E-state index >= 15 is 0 Å². The van der Waals surface area contributed by atoms with Gasteiger partial charge in [-0.3, -0.25) is 0 Å². The van der Waals surface area contributed by atoms with Crippen LogP contribution in [0.1, 0.15) is 18.4 Å². The van der Waals surface area contributed by atoms with Gasteiger partial charge >= 0.3 is 0 Å². The topological polar surface area (TPSA) is 134 Å². The van der Waals surface area contributed by atoms with E-state index in [1.807, 2.05) is 12.3 Å². The maximum atomic E-state index is 13.0. The Hall–Kier alpha value is -2.60. The third kappa shape index (κ3) is 3.57. The van der Waals surface area contributed by atoms with Crippen LogP contribution in [0.25, 0.3) is 0 Å². The minimum Gasteiger partial charge on any atom is -0.495 e. The molecule has 0 spiro atoms. The predicted octanol–water partition coefficient (Wildman–Crippen LogP) is 1.46. The minimum atomic E-state index is -3.62. The average molecular weight is 447 g/mol. The van der Waals surface area contributed by atoms with Crippen molar-refractivity contribution >= 4 is 27.5 Å². The van der Waals surface area contributed by atoms with Crippen LogP contribution in [0.4, 0.5) is 11.5 Å². The van der Waals surface area contributed by atoms with E-state index in [9.17, 15) is 8.42 Å². The maximum Gasteiger partial charge on any atom is 0.243 e. The van der Waals surface area contributed by atoms with Crippen molar-refractivity contribution in [1.82, 2.24) is 9.29 Å². The third-order valence-corrected chi connectivity index (χ3v) is 7.85. The monoisotopic (exact) mass is 446 g/mol. The number of guanidine groups is 1. The summed E-state index contributed by atoms with van der Waals surface area (Å²) in [6.07, 6.45) is 3.91. The highest BCUT2D eigenvalue weighted by molar-refractivity contribution is 7.89. The fourth-order valence-electron chi connectivity index (χ4n) is 4.09. The summed E-state index contributed by atoms with van der Waals surface area (Å²) >= 11 is 0. The number of hydrogen-bond donors (Lipinski definition) is 4. The minimum absolute atomic E-state index is 0.174. The fraction of sp³-hybridized carbons (Fsp3) is 0.450. The molecule has 1 saturated carbocycles. The molecule has 166 valence electrons. The molecule has 1 aromatic carbocycles. The van der Waals surface area contributed by atoms with E-state index in [-0.39, 0.29) is 4.90 Å². The lowest BCUT2D eigenvalue weighted by Gasteiger charge is -2.32. The van der Waals surface area contributed by atoms with Crippen molar-refractivity contribution in [3.05, 3.63) is 36.0 Å². The highest BCUT2D eigenvalue weighted by Crippen LogP contribution is 2.48. The molecule has 0 amide bonds. The fourth-order valence-corrected chi connectivity index (χ4v) is 5.51. The Morgan fingerprint density at radius 2 is 2.06 bits per heavy atom. The van der Waals surface area contributed by atoms with Crippen LogP contribution in [0, 0.1) is 5.92 Å². The van der Waals surface area contributed by atoms with Crippen LogP contribution in [0.15, 0.2) is 40.4 Å². The second-order valence-corrected chi connectivity index (χ2v) is 9.89. The number of rotatable bonds is 5. The van der Waals surface area contributed by atoms with Gasteiger partial charge in [0, 0.05) is 36.8 Å². The first kappa shape index (κ1) is 20.3. The molecular formula is C20H26N6O4S. The van der Waals surface area contributed by atoms with Crippen molar-refractivity contribution in [2.45, 2.75) is 23.4 Å². The van der Waals surface area contributed by atoms with E-state index in [4.69, 9.17) is 20.2 Å². The van der Waals surface area contributed by atoms with Crippen molar-refractivity contribution < 1.29 is 17.9 Å². The van der Waals surface area contributed by atoms with Crippen LogP contribution in [-0.4, -0.2) is 57.1 Å². The smallest absolute Gasteiger partial charge is 0.243 e. The van der Waals surface area contributed by atoms with E-state index in [0.29, 0.717) is 49.6 Å². The van der Waals surface area contributed by atoms with E-state index in [1.54, 1.807) is 12.1 Å². The van der Waals surface area contributed by atoms with Crippen LogP contribution < -0.4 is 21.1 Å². The Morgan fingerprint density at radius 3 is 2.77 bits per heavy atom. The van der Waals surface area contributed by atoms with Crippen molar-refractivity contribution in [1.29, 1.82) is 0 Å². The van der Waals surface area contributed by atoms with E-state index in [1.165, 1.54) is 17.5 Å². The van der Waals surface area contributed by atoms with Gasteiger partial charge in [0.1, 0.15) is 17.2 Å². The largest absolute Gasteiger partial charge is 0.495 e. The number of hydrogen-bond acceptors (Lipinski definition) is 8. The molecule has 2 aliphatic heterocycles. The van der Waals surface area contributed by atoms with Gasteiger partial charge in [-0.15, -0.1) is 0 Å². The molecule has 3 heterocycles. The van der Waals surface area contributed by atoms with E-state index in [2.05, 4.69) is 15.6 Å². The molecule has 0 bridgehead atoms. The van der Waals surface area contributed by atoms with Crippen LogP contribution in [0.5, 0.6) is 5.75 Å². The highest BCUT2D eigenvalue weighted by Gasteiger charge is 2.47. The van der Waals surface area contributed by atoms with Gasteiger partial charge in [-0.25, -0.2) is 13.4 Å². The number of aliphatic imine (C=N–C) groups is 1. The number of sulfonamides is 1. The van der Waals surface area contributed by atoms with Gasteiger partial charge < -0.3 is 30.8 Å². The Labute approximate surface area is 180 Å². The van der Waals surface area contributed by atoms with Gasteiger partial charge in [0.2, 0.25) is 16.0 Å². The molecule has 5 N–H and O–H groups in total. The summed E-state index contributed by atoms with van der Waals surface area (Å²) in [5.41, 5.74) is 7.42. The normalized spacial score (nSPS) is 24.1. The van der Waals surface area contributed by atoms with Crippen LogP contribution in [0.2, 0.25) is 0 Å². The first-order chi connectivity index (χ1) is 14.9. The number of morpholine rings is 1. The summed E-state index contributed by atoms with van der Waals surface area (Å²) in [6.45, 7) is 1.46. The molecule has 3 aliphatic rings. The summed E-state index contributed by atoms with van der Waals surface area (Å²) in [5, 5.41) is 6.43. The average Bonchev–Trinajstić information content (AvgIpc) is 3.53. The molecule has 1 saturated heterocycles. The van der Waals surface area contributed by atoms with Crippen molar-refractivity contribution in [2.75, 3.05) is 44.0 Å². The van der Waals surface area contributed by atoms with Gasteiger partial charge in [-0.05, 0) is 31.0 Å². The molecule has 2 fully saturated rings. The van der Waals surface area contributed by atoms with Crippen LogP contribution >= 0.6 is 0 Å². The number of aromatic amines is 1. The van der Waals surface area contributed by atoms with Gasteiger partial charge in [-0.2, -0.15) is 4.31 Å². The zero-order valence-electron chi connectivity index (χ0n) is 17.2. The molecule has 1 aliphatic carbocycles.